The van der Waals surface area contributed by atoms with Gasteiger partial charge in [0.05, 0.1) is 0 Å². The number of carboxylic acids is 1. The number of carbonyl (C=O) groups excluding carboxylic acids is 1. The summed E-state index contributed by atoms with van der Waals surface area (Å²) in [6.45, 7) is 3.45. The van der Waals surface area contributed by atoms with E-state index in [1.807, 2.05) is 0 Å². The summed E-state index contributed by atoms with van der Waals surface area (Å²) >= 11 is 5.78. The van der Waals surface area contributed by atoms with Crippen LogP contribution in [0.15, 0.2) is 18.2 Å². The second kappa shape index (κ2) is 5.68. The first-order valence-corrected chi connectivity index (χ1v) is 5.63. The lowest BCUT2D eigenvalue weighted by Gasteiger charge is -2.13. The van der Waals surface area contributed by atoms with Crippen LogP contribution in [0.3, 0.4) is 0 Å². The molecular weight excluding hydrogens is 242 g/mol. The van der Waals surface area contributed by atoms with Crippen LogP contribution < -0.4 is 5.32 Å². The lowest BCUT2D eigenvalue weighted by molar-refractivity contribution is -0.139. The number of amides is 1. The highest BCUT2D eigenvalue weighted by Crippen LogP contribution is 2.15. The Labute approximate surface area is 105 Å². The van der Waals surface area contributed by atoms with E-state index in [9.17, 15) is 9.59 Å². The molecule has 1 aromatic carbocycles. The molecule has 0 aliphatic rings. The zero-order valence-electron chi connectivity index (χ0n) is 9.66. The summed E-state index contributed by atoms with van der Waals surface area (Å²) in [4.78, 5) is 22.6. The summed E-state index contributed by atoms with van der Waals surface area (Å²) in [5, 5.41) is 11.9. The Morgan fingerprint density at radius 3 is 2.59 bits per heavy atom. The summed E-state index contributed by atoms with van der Waals surface area (Å²) < 4.78 is 0. The molecule has 2 N–H and O–H groups in total. The van der Waals surface area contributed by atoms with E-state index in [0.717, 1.165) is 5.56 Å². The average molecular weight is 256 g/mol. The first-order valence-electron chi connectivity index (χ1n) is 5.25. The van der Waals surface area contributed by atoms with E-state index in [1.54, 1.807) is 32.0 Å². The zero-order chi connectivity index (χ0) is 13.0. The van der Waals surface area contributed by atoms with Gasteiger partial charge >= 0.3 is 5.97 Å². The minimum Gasteiger partial charge on any atom is -0.480 e. The molecule has 0 saturated carbocycles. The maximum Gasteiger partial charge on any atom is 0.326 e. The van der Waals surface area contributed by atoms with E-state index in [-0.39, 0.29) is 0 Å². The van der Waals surface area contributed by atoms with E-state index in [4.69, 9.17) is 16.7 Å². The Morgan fingerprint density at radius 1 is 1.47 bits per heavy atom. The summed E-state index contributed by atoms with van der Waals surface area (Å²) in [5.74, 6) is -1.43. The van der Waals surface area contributed by atoms with Crippen molar-refractivity contribution in [1.29, 1.82) is 0 Å². The van der Waals surface area contributed by atoms with E-state index in [2.05, 4.69) is 5.32 Å². The van der Waals surface area contributed by atoms with Crippen molar-refractivity contribution >= 4 is 23.5 Å². The molecule has 0 fully saturated rings. The topological polar surface area (TPSA) is 66.4 Å². The van der Waals surface area contributed by atoms with Crippen molar-refractivity contribution in [3.05, 3.63) is 34.3 Å². The number of nitrogens with one attached hydrogen (secondary N) is 1. The number of hydrogen-bond donors (Lipinski definition) is 2. The molecule has 0 aliphatic carbocycles. The summed E-state index contributed by atoms with van der Waals surface area (Å²) in [5.41, 5.74) is 1.16. The molecule has 1 rings (SSSR count). The number of benzene rings is 1. The lowest BCUT2D eigenvalue weighted by Crippen LogP contribution is -2.40. The van der Waals surface area contributed by atoms with Gasteiger partial charge in [-0.25, -0.2) is 4.79 Å². The predicted molar refractivity (Wildman–Crippen MR) is 65.4 cm³/mol. The number of carbonyl (C=O) groups is 2. The maximum atomic E-state index is 11.8. The van der Waals surface area contributed by atoms with Crippen LogP contribution in [0.25, 0.3) is 0 Å². The molecule has 1 amide bonds. The van der Waals surface area contributed by atoms with Crippen LogP contribution in [0.5, 0.6) is 0 Å². The molecule has 0 bridgehead atoms. The number of rotatable bonds is 4. The van der Waals surface area contributed by atoms with Gasteiger partial charge in [0.2, 0.25) is 0 Å². The van der Waals surface area contributed by atoms with Gasteiger partial charge < -0.3 is 10.4 Å². The van der Waals surface area contributed by atoms with Gasteiger partial charge in [0.25, 0.3) is 5.91 Å². The van der Waals surface area contributed by atoms with E-state index >= 15 is 0 Å². The Morgan fingerprint density at radius 2 is 2.12 bits per heavy atom. The molecule has 0 aromatic heterocycles. The predicted octanol–water partition coefficient (Wildman–Crippen LogP) is 2.24. The molecule has 0 saturated heterocycles. The molecule has 0 unspecified atom stereocenters. The van der Waals surface area contributed by atoms with Crippen molar-refractivity contribution in [3.63, 3.8) is 0 Å². The van der Waals surface area contributed by atoms with Gasteiger partial charge in [0.15, 0.2) is 0 Å². The molecule has 0 spiro atoms. The molecule has 92 valence electrons. The summed E-state index contributed by atoms with van der Waals surface area (Å²) in [7, 11) is 0. The van der Waals surface area contributed by atoms with Gasteiger partial charge in [-0.05, 0) is 37.1 Å². The molecule has 0 heterocycles. The number of halogens is 1. The number of carboxylic acid groups (broad SMARTS) is 1. The molecule has 1 atom stereocenters. The van der Waals surface area contributed by atoms with Crippen molar-refractivity contribution in [2.75, 3.05) is 0 Å². The third-order valence-corrected chi connectivity index (χ3v) is 2.68. The quantitative estimate of drug-likeness (QED) is 0.867. The van der Waals surface area contributed by atoms with Crippen LogP contribution in [0.4, 0.5) is 0 Å². The maximum absolute atomic E-state index is 11.8. The van der Waals surface area contributed by atoms with Crippen molar-refractivity contribution in [3.8, 4) is 0 Å². The van der Waals surface area contributed by atoms with Crippen LogP contribution in [0.1, 0.15) is 29.3 Å². The SMILES string of the molecule is CC[C@H](NC(=O)c1ccc(Cl)cc1C)C(=O)O. The summed E-state index contributed by atoms with van der Waals surface area (Å²) in [6.07, 6.45) is 0.341. The standard InChI is InChI=1S/C12H14ClNO3/c1-3-10(12(16)17)14-11(15)9-5-4-8(13)6-7(9)2/h4-6,10H,3H2,1-2H3,(H,14,15)(H,16,17)/t10-/m0/s1. The minimum atomic E-state index is -1.03. The second-order valence-electron chi connectivity index (χ2n) is 3.73. The van der Waals surface area contributed by atoms with Crippen molar-refractivity contribution < 1.29 is 14.7 Å². The third kappa shape index (κ3) is 3.46. The highest BCUT2D eigenvalue weighted by atomic mass is 35.5. The van der Waals surface area contributed by atoms with Crippen LogP contribution in [0.2, 0.25) is 5.02 Å². The zero-order valence-corrected chi connectivity index (χ0v) is 10.4. The van der Waals surface area contributed by atoms with Gasteiger partial charge in [0, 0.05) is 10.6 Å². The van der Waals surface area contributed by atoms with Gasteiger partial charge in [-0.3, -0.25) is 4.79 Å². The van der Waals surface area contributed by atoms with Gasteiger partial charge in [-0.15, -0.1) is 0 Å². The normalized spacial score (nSPS) is 11.9. The Hall–Kier alpha value is -1.55. The largest absolute Gasteiger partial charge is 0.480 e. The van der Waals surface area contributed by atoms with Gasteiger partial charge in [0.1, 0.15) is 6.04 Å². The highest BCUT2D eigenvalue weighted by molar-refractivity contribution is 6.30. The molecule has 0 radical (unpaired) electrons. The molecular formula is C12H14ClNO3. The minimum absolute atomic E-state index is 0.341. The molecule has 5 heteroatoms. The Bertz CT molecular complexity index is 445. The second-order valence-corrected chi connectivity index (χ2v) is 4.17. The van der Waals surface area contributed by atoms with Crippen LogP contribution in [-0.2, 0) is 4.79 Å². The van der Waals surface area contributed by atoms with E-state index < -0.39 is 17.9 Å². The first-order chi connectivity index (χ1) is 7.95. The fourth-order valence-electron chi connectivity index (χ4n) is 1.46. The highest BCUT2D eigenvalue weighted by Gasteiger charge is 2.19. The monoisotopic (exact) mass is 255 g/mol. The van der Waals surface area contributed by atoms with Crippen molar-refractivity contribution in [2.24, 2.45) is 0 Å². The summed E-state index contributed by atoms with van der Waals surface area (Å²) in [6, 6.07) is 3.99. The molecule has 1 aromatic rings. The average Bonchev–Trinajstić information content (AvgIpc) is 2.24. The molecule has 0 aliphatic heterocycles. The Kier molecular flexibility index (Phi) is 4.52. The van der Waals surface area contributed by atoms with Crippen molar-refractivity contribution in [1.82, 2.24) is 5.32 Å². The van der Waals surface area contributed by atoms with E-state index in [1.165, 1.54) is 0 Å². The first kappa shape index (κ1) is 13.5. The number of aryl methyl sites for hydroxylation is 1. The van der Waals surface area contributed by atoms with Gasteiger partial charge in [-0.1, -0.05) is 18.5 Å². The van der Waals surface area contributed by atoms with E-state index in [0.29, 0.717) is 17.0 Å². The lowest BCUT2D eigenvalue weighted by atomic mass is 10.1. The number of hydrogen-bond acceptors (Lipinski definition) is 2. The fraction of sp³-hybridized carbons (Fsp3) is 0.333. The number of aliphatic carboxylic acids is 1. The third-order valence-electron chi connectivity index (χ3n) is 2.44. The molecule has 4 nitrogen and oxygen atoms in total. The smallest absolute Gasteiger partial charge is 0.326 e. The Balaban J connectivity index is 2.86. The fourth-order valence-corrected chi connectivity index (χ4v) is 1.68. The van der Waals surface area contributed by atoms with Crippen LogP contribution >= 0.6 is 11.6 Å². The van der Waals surface area contributed by atoms with Gasteiger partial charge in [-0.2, -0.15) is 0 Å². The van der Waals surface area contributed by atoms with Crippen LogP contribution in [0, 0.1) is 6.92 Å². The molecule has 17 heavy (non-hydrogen) atoms. The van der Waals surface area contributed by atoms with Crippen molar-refractivity contribution in [2.45, 2.75) is 26.3 Å². The van der Waals surface area contributed by atoms with Crippen LogP contribution in [-0.4, -0.2) is 23.0 Å².